The minimum Gasteiger partial charge on any atom is -0.326 e. The number of hydrogen-bond acceptors (Lipinski definition) is 3. The molecule has 0 amide bonds. The van der Waals surface area contributed by atoms with E-state index in [0.717, 1.165) is 16.3 Å². The number of aromatic nitrogens is 1. The van der Waals surface area contributed by atoms with E-state index in [1.165, 1.54) is 11.1 Å². The molecular weight excluding hydrogens is 228 g/mol. The maximum absolute atomic E-state index is 5.70. The van der Waals surface area contributed by atoms with E-state index in [1.54, 1.807) is 11.8 Å². The molecule has 0 bridgehead atoms. The lowest BCUT2D eigenvalue weighted by Gasteiger charge is -2.07. The average molecular weight is 244 g/mol. The lowest BCUT2D eigenvalue weighted by molar-refractivity contribution is 0.962. The highest BCUT2D eigenvalue weighted by atomic mass is 32.2. The summed E-state index contributed by atoms with van der Waals surface area (Å²) >= 11 is 1.75. The number of rotatable bonds is 4. The van der Waals surface area contributed by atoms with Crippen molar-refractivity contribution in [1.29, 1.82) is 0 Å². The Morgan fingerprint density at radius 2 is 1.88 bits per heavy atom. The fraction of sp³-hybridized carbons (Fsp3) is 0.214. The first kappa shape index (κ1) is 12.1. The second-order valence-corrected chi connectivity index (χ2v) is 4.85. The van der Waals surface area contributed by atoms with Gasteiger partial charge in [-0.15, -0.1) is 11.8 Å². The Morgan fingerprint density at radius 1 is 1.12 bits per heavy atom. The van der Waals surface area contributed by atoms with Gasteiger partial charge in [0, 0.05) is 18.5 Å². The lowest BCUT2D eigenvalue weighted by Crippen LogP contribution is -1.99. The molecule has 17 heavy (non-hydrogen) atoms. The molecule has 2 rings (SSSR count). The summed E-state index contributed by atoms with van der Waals surface area (Å²) in [6.45, 7) is 2.68. The molecule has 0 fully saturated rings. The van der Waals surface area contributed by atoms with Crippen LogP contribution in [0.2, 0.25) is 0 Å². The predicted octanol–water partition coefficient (Wildman–Crippen LogP) is 3.14. The summed E-state index contributed by atoms with van der Waals surface area (Å²) in [5.41, 5.74) is 9.49. The van der Waals surface area contributed by atoms with Crippen LogP contribution < -0.4 is 5.73 Å². The molecule has 0 saturated carbocycles. The second-order valence-electron chi connectivity index (χ2n) is 3.89. The van der Waals surface area contributed by atoms with Crippen molar-refractivity contribution >= 4 is 11.8 Å². The Morgan fingerprint density at radius 3 is 2.65 bits per heavy atom. The minimum absolute atomic E-state index is 0.546. The number of pyridine rings is 1. The summed E-state index contributed by atoms with van der Waals surface area (Å²) < 4.78 is 0. The van der Waals surface area contributed by atoms with Crippen LogP contribution in [0.15, 0.2) is 47.6 Å². The number of nitrogens with two attached hydrogens (primary N) is 1. The third-order valence-electron chi connectivity index (χ3n) is 2.70. The van der Waals surface area contributed by atoms with Gasteiger partial charge >= 0.3 is 0 Å². The van der Waals surface area contributed by atoms with Gasteiger partial charge in [0.25, 0.3) is 0 Å². The molecule has 88 valence electrons. The SMILES string of the molecule is Cc1ccccc1CSc1ncccc1CN. The molecular formula is C14H16N2S. The number of nitrogens with zero attached hydrogens (tertiary/aromatic N) is 1. The summed E-state index contributed by atoms with van der Waals surface area (Å²) in [5.74, 6) is 0.941. The molecule has 1 aromatic carbocycles. The molecule has 0 spiro atoms. The van der Waals surface area contributed by atoms with Gasteiger partial charge < -0.3 is 5.73 Å². The van der Waals surface area contributed by atoms with Crippen molar-refractivity contribution in [3.63, 3.8) is 0 Å². The Balaban J connectivity index is 2.10. The van der Waals surface area contributed by atoms with Crippen LogP contribution in [0.1, 0.15) is 16.7 Å². The van der Waals surface area contributed by atoms with E-state index >= 15 is 0 Å². The number of thioether (sulfide) groups is 1. The van der Waals surface area contributed by atoms with Gasteiger partial charge in [-0.2, -0.15) is 0 Å². The van der Waals surface area contributed by atoms with Crippen LogP contribution in [0.5, 0.6) is 0 Å². The van der Waals surface area contributed by atoms with Crippen molar-refractivity contribution in [2.24, 2.45) is 5.73 Å². The summed E-state index contributed by atoms with van der Waals surface area (Å²) in [7, 11) is 0. The van der Waals surface area contributed by atoms with Gasteiger partial charge in [-0.1, -0.05) is 30.3 Å². The monoisotopic (exact) mass is 244 g/mol. The summed E-state index contributed by atoms with van der Waals surface area (Å²) in [6, 6.07) is 12.4. The largest absolute Gasteiger partial charge is 0.326 e. The van der Waals surface area contributed by atoms with Crippen LogP contribution in [0, 0.1) is 6.92 Å². The lowest BCUT2D eigenvalue weighted by atomic mass is 10.1. The molecule has 1 aromatic heterocycles. The molecule has 0 aliphatic rings. The van der Waals surface area contributed by atoms with Gasteiger partial charge in [-0.25, -0.2) is 4.98 Å². The Bertz CT molecular complexity index is 497. The molecule has 0 aliphatic carbocycles. The molecule has 2 aromatic rings. The first-order valence-electron chi connectivity index (χ1n) is 5.62. The van der Waals surface area contributed by atoms with Crippen molar-refractivity contribution in [1.82, 2.24) is 4.98 Å². The molecule has 0 atom stereocenters. The average Bonchev–Trinajstić information content (AvgIpc) is 2.38. The fourth-order valence-electron chi connectivity index (χ4n) is 1.63. The number of hydrogen-bond donors (Lipinski definition) is 1. The van der Waals surface area contributed by atoms with Crippen molar-refractivity contribution in [2.45, 2.75) is 24.2 Å². The summed E-state index contributed by atoms with van der Waals surface area (Å²) in [6.07, 6.45) is 1.82. The van der Waals surface area contributed by atoms with E-state index < -0.39 is 0 Å². The molecule has 1 heterocycles. The molecule has 2 N–H and O–H groups in total. The van der Waals surface area contributed by atoms with Crippen molar-refractivity contribution in [3.05, 3.63) is 59.3 Å². The maximum Gasteiger partial charge on any atom is 0.101 e. The zero-order valence-electron chi connectivity index (χ0n) is 9.89. The summed E-state index contributed by atoms with van der Waals surface area (Å²) in [4.78, 5) is 4.38. The Labute approximate surface area is 106 Å². The van der Waals surface area contributed by atoms with E-state index in [0.29, 0.717) is 6.54 Å². The quantitative estimate of drug-likeness (QED) is 0.840. The molecule has 0 unspecified atom stereocenters. The third-order valence-corrected chi connectivity index (χ3v) is 3.79. The Hall–Kier alpha value is -1.32. The molecule has 0 saturated heterocycles. The van der Waals surface area contributed by atoms with E-state index in [2.05, 4.69) is 36.2 Å². The highest BCUT2D eigenvalue weighted by Gasteiger charge is 2.04. The highest BCUT2D eigenvalue weighted by molar-refractivity contribution is 7.98. The zero-order chi connectivity index (χ0) is 12.1. The van der Waals surface area contributed by atoms with E-state index in [-0.39, 0.29) is 0 Å². The first-order chi connectivity index (χ1) is 8.31. The number of benzene rings is 1. The Kier molecular flexibility index (Phi) is 4.18. The van der Waals surface area contributed by atoms with Crippen LogP contribution in [-0.4, -0.2) is 4.98 Å². The smallest absolute Gasteiger partial charge is 0.101 e. The zero-order valence-corrected chi connectivity index (χ0v) is 10.7. The van der Waals surface area contributed by atoms with Gasteiger partial charge in [-0.3, -0.25) is 0 Å². The topological polar surface area (TPSA) is 38.9 Å². The highest BCUT2D eigenvalue weighted by Crippen LogP contribution is 2.25. The van der Waals surface area contributed by atoms with Crippen LogP contribution >= 0.6 is 11.8 Å². The van der Waals surface area contributed by atoms with Gasteiger partial charge in [0.1, 0.15) is 5.03 Å². The van der Waals surface area contributed by atoms with Crippen molar-refractivity contribution in [2.75, 3.05) is 0 Å². The normalized spacial score (nSPS) is 10.5. The maximum atomic E-state index is 5.70. The molecule has 3 heteroatoms. The first-order valence-corrected chi connectivity index (χ1v) is 6.61. The standard InChI is InChI=1S/C14H16N2S/c1-11-5-2-3-6-13(11)10-17-14-12(9-15)7-4-8-16-14/h2-8H,9-10,15H2,1H3. The third kappa shape index (κ3) is 3.08. The molecule has 0 radical (unpaired) electrons. The van der Waals surface area contributed by atoms with Crippen LogP contribution in [0.25, 0.3) is 0 Å². The number of aryl methyl sites for hydroxylation is 1. The van der Waals surface area contributed by atoms with Crippen LogP contribution in [0.4, 0.5) is 0 Å². The summed E-state index contributed by atoms with van der Waals surface area (Å²) in [5, 5.41) is 1.04. The van der Waals surface area contributed by atoms with E-state index in [4.69, 9.17) is 5.73 Å². The van der Waals surface area contributed by atoms with Crippen LogP contribution in [0.3, 0.4) is 0 Å². The van der Waals surface area contributed by atoms with Gasteiger partial charge in [0.2, 0.25) is 0 Å². The van der Waals surface area contributed by atoms with Crippen LogP contribution in [-0.2, 0) is 12.3 Å². The molecule has 0 aliphatic heterocycles. The van der Waals surface area contributed by atoms with Crippen molar-refractivity contribution in [3.8, 4) is 0 Å². The van der Waals surface area contributed by atoms with Gasteiger partial charge in [0.05, 0.1) is 0 Å². The second kappa shape index (κ2) is 5.84. The fourth-order valence-corrected chi connectivity index (χ4v) is 2.72. The van der Waals surface area contributed by atoms with Gasteiger partial charge in [-0.05, 0) is 29.7 Å². The minimum atomic E-state index is 0.546. The molecule has 2 nitrogen and oxygen atoms in total. The predicted molar refractivity (Wildman–Crippen MR) is 72.9 cm³/mol. The van der Waals surface area contributed by atoms with Gasteiger partial charge in [0.15, 0.2) is 0 Å². The van der Waals surface area contributed by atoms with Crippen molar-refractivity contribution < 1.29 is 0 Å². The van der Waals surface area contributed by atoms with E-state index in [9.17, 15) is 0 Å². The van der Waals surface area contributed by atoms with E-state index in [1.807, 2.05) is 18.3 Å².